The second-order valence-corrected chi connectivity index (χ2v) is 4.65. The van der Waals surface area contributed by atoms with Crippen LogP contribution in [-0.2, 0) is 11.2 Å². The van der Waals surface area contributed by atoms with Crippen LogP contribution in [0.5, 0.6) is 5.75 Å². The van der Waals surface area contributed by atoms with Crippen LogP contribution in [0.3, 0.4) is 0 Å². The van der Waals surface area contributed by atoms with Gasteiger partial charge in [0.25, 0.3) is 5.91 Å². The van der Waals surface area contributed by atoms with Crippen molar-refractivity contribution in [3.8, 4) is 5.75 Å². The number of nitrogens with one attached hydrogen (secondary N) is 2. The van der Waals surface area contributed by atoms with Crippen molar-refractivity contribution in [2.75, 3.05) is 6.61 Å². The molecule has 0 spiro atoms. The van der Waals surface area contributed by atoms with Crippen LogP contribution in [0.15, 0.2) is 24.3 Å². The van der Waals surface area contributed by atoms with Gasteiger partial charge in [0.05, 0.1) is 6.61 Å². The van der Waals surface area contributed by atoms with Gasteiger partial charge in [0.15, 0.2) is 0 Å². The van der Waals surface area contributed by atoms with Crippen LogP contribution in [0, 0.1) is 5.92 Å². The van der Waals surface area contributed by atoms with Gasteiger partial charge in [-0.2, -0.15) is 0 Å². The maximum absolute atomic E-state index is 11.7. The summed E-state index contributed by atoms with van der Waals surface area (Å²) in [5, 5.41) is 4.96. The first-order chi connectivity index (χ1) is 8.74. The minimum Gasteiger partial charge on any atom is -0.493 e. The fourth-order valence-corrected chi connectivity index (χ4v) is 2.57. The topological polar surface area (TPSA) is 67.4 Å². The van der Waals surface area contributed by atoms with E-state index in [9.17, 15) is 9.59 Å². The predicted octanol–water partition coefficient (Wildman–Crippen LogP) is 0.836. The molecule has 1 fully saturated rings. The normalized spacial score (nSPS) is 26.7. The lowest BCUT2D eigenvalue weighted by atomic mass is 9.90. The Morgan fingerprint density at radius 1 is 1.22 bits per heavy atom. The second-order valence-electron chi connectivity index (χ2n) is 4.65. The third-order valence-corrected chi connectivity index (χ3v) is 3.48. The van der Waals surface area contributed by atoms with Crippen molar-refractivity contribution in [3.05, 3.63) is 29.8 Å². The third kappa shape index (κ3) is 1.92. The lowest BCUT2D eigenvalue weighted by Gasteiger charge is -2.18. The van der Waals surface area contributed by atoms with Gasteiger partial charge < -0.3 is 10.1 Å². The SMILES string of the molecule is O=C1NC(=O)C(C2CCOc3ccccc3C2)N1. The summed E-state index contributed by atoms with van der Waals surface area (Å²) < 4.78 is 5.66. The molecule has 2 aliphatic rings. The minimum atomic E-state index is -0.438. The van der Waals surface area contributed by atoms with E-state index in [2.05, 4.69) is 10.6 Å². The van der Waals surface area contributed by atoms with E-state index >= 15 is 0 Å². The highest BCUT2D eigenvalue weighted by Gasteiger charge is 2.37. The molecule has 5 heteroatoms. The summed E-state index contributed by atoms with van der Waals surface area (Å²) in [7, 11) is 0. The van der Waals surface area contributed by atoms with E-state index in [1.54, 1.807) is 0 Å². The number of rotatable bonds is 1. The van der Waals surface area contributed by atoms with Gasteiger partial charge >= 0.3 is 6.03 Å². The number of amides is 3. The van der Waals surface area contributed by atoms with Crippen LogP contribution in [0.2, 0.25) is 0 Å². The van der Waals surface area contributed by atoms with Crippen LogP contribution in [-0.4, -0.2) is 24.6 Å². The Bertz CT molecular complexity index is 501. The Morgan fingerprint density at radius 2 is 2.06 bits per heavy atom. The Labute approximate surface area is 105 Å². The lowest BCUT2D eigenvalue weighted by Crippen LogP contribution is -2.38. The first-order valence-electron chi connectivity index (χ1n) is 6.06. The molecule has 0 aliphatic carbocycles. The monoisotopic (exact) mass is 246 g/mol. The molecule has 2 unspecified atom stereocenters. The Morgan fingerprint density at radius 3 is 2.83 bits per heavy atom. The number of carbonyl (C=O) groups excluding carboxylic acids is 2. The van der Waals surface area contributed by atoms with Gasteiger partial charge in [-0.15, -0.1) is 0 Å². The number of hydrogen-bond acceptors (Lipinski definition) is 3. The summed E-state index contributed by atoms with van der Waals surface area (Å²) in [6, 6.07) is 6.99. The maximum Gasteiger partial charge on any atom is 0.322 e. The fraction of sp³-hybridized carbons (Fsp3) is 0.385. The van der Waals surface area contributed by atoms with Crippen molar-refractivity contribution in [2.45, 2.75) is 18.9 Å². The largest absolute Gasteiger partial charge is 0.493 e. The average molecular weight is 246 g/mol. The molecule has 3 rings (SSSR count). The number of ether oxygens (including phenoxy) is 1. The Kier molecular flexibility index (Phi) is 2.66. The number of urea groups is 1. The third-order valence-electron chi connectivity index (χ3n) is 3.48. The van der Waals surface area contributed by atoms with Gasteiger partial charge in [0.2, 0.25) is 0 Å². The lowest BCUT2D eigenvalue weighted by molar-refractivity contribution is -0.121. The van der Waals surface area contributed by atoms with Gasteiger partial charge in [-0.3, -0.25) is 10.1 Å². The molecule has 2 aliphatic heterocycles. The number of carbonyl (C=O) groups is 2. The molecule has 5 nitrogen and oxygen atoms in total. The quantitative estimate of drug-likeness (QED) is 0.721. The average Bonchev–Trinajstić information content (AvgIpc) is 2.59. The molecule has 0 aromatic heterocycles. The van der Waals surface area contributed by atoms with Gasteiger partial charge in [0, 0.05) is 0 Å². The van der Waals surface area contributed by atoms with Crippen molar-refractivity contribution in [1.29, 1.82) is 0 Å². The molecule has 94 valence electrons. The summed E-state index contributed by atoms with van der Waals surface area (Å²) in [6.07, 6.45) is 1.50. The van der Waals surface area contributed by atoms with Crippen molar-refractivity contribution >= 4 is 11.9 Å². The summed E-state index contributed by atoms with van der Waals surface area (Å²) in [5.74, 6) is 0.731. The van der Waals surface area contributed by atoms with Crippen molar-refractivity contribution in [1.82, 2.24) is 10.6 Å². The highest BCUT2D eigenvalue weighted by atomic mass is 16.5. The molecule has 0 saturated carbocycles. The van der Waals surface area contributed by atoms with Crippen molar-refractivity contribution in [3.63, 3.8) is 0 Å². The molecule has 3 amide bonds. The number of benzene rings is 1. The van der Waals surface area contributed by atoms with E-state index in [1.165, 1.54) is 0 Å². The predicted molar refractivity (Wildman–Crippen MR) is 64.2 cm³/mol. The molecule has 0 bridgehead atoms. The zero-order valence-corrected chi connectivity index (χ0v) is 9.81. The van der Waals surface area contributed by atoms with Crippen LogP contribution in [0.25, 0.3) is 0 Å². The highest BCUT2D eigenvalue weighted by molar-refractivity contribution is 6.04. The van der Waals surface area contributed by atoms with Crippen LogP contribution in [0.1, 0.15) is 12.0 Å². The van der Waals surface area contributed by atoms with Crippen LogP contribution < -0.4 is 15.4 Å². The van der Waals surface area contributed by atoms with Gasteiger partial charge in [-0.05, 0) is 30.4 Å². The number of hydrogen-bond donors (Lipinski definition) is 2. The van der Waals surface area contributed by atoms with Crippen LogP contribution in [0.4, 0.5) is 4.79 Å². The van der Waals surface area contributed by atoms with E-state index in [0.717, 1.165) is 24.2 Å². The molecule has 0 radical (unpaired) electrons. The van der Waals surface area contributed by atoms with E-state index in [0.29, 0.717) is 6.61 Å². The molecule has 18 heavy (non-hydrogen) atoms. The summed E-state index contributed by atoms with van der Waals surface area (Å²) >= 11 is 0. The summed E-state index contributed by atoms with van der Waals surface area (Å²) in [5.41, 5.74) is 1.09. The minimum absolute atomic E-state index is 0.0834. The van der Waals surface area contributed by atoms with Gasteiger partial charge in [-0.1, -0.05) is 18.2 Å². The number of fused-ring (bicyclic) bond motifs is 1. The Hall–Kier alpha value is -2.04. The molecule has 1 aromatic carbocycles. The Balaban J connectivity index is 1.83. The zero-order chi connectivity index (χ0) is 12.5. The summed E-state index contributed by atoms with van der Waals surface area (Å²) in [4.78, 5) is 22.8. The molecular formula is C13H14N2O3. The smallest absolute Gasteiger partial charge is 0.322 e. The molecule has 2 heterocycles. The summed E-state index contributed by atoms with van der Waals surface area (Å²) in [6.45, 7) is 0.571. The maximum atomic E-state index is 11.7. The zero-order valence-electron chi connectivity index (χ0n) is 9.81. The van der Waals surface area contributed by atoms with E-state index in [1.807, 2.05) is 24.3 Å². The molecule has 1 saturated heterocycles. The number of imide groups is 1. The van der Waals surface area contributed by atoms with Gasteiger partial charge in [0.1, 0.15) is 11.8 Å². The fourth-order valence-electron chi connectivity index (χ4n) is 2.57. The first-order valence-corrected chi connectivity index (χ1v) is 6.06. The molecule has 2 atom stereocenters. The van der Waals surface area contributed by atoms with Gasteiger partial charge in [-0.25, -0.2) is 4.79 Å². The standard InChI is InChI=1S/C13H14N2O3/c16-12-11(14-13(17)15-12)9-5-6-18-10-4-2-1-3-8(10)7-9/h1-4,9,11H,5-7H2,(H2,14,15,16,17). The van der Waals surface area contributed by atoms with Crippen LogP contribution >= 0.6 is 0 Å². The number of para-hydroxylation sites is 1. The molecular weight excluding hydrogens is 232 g/mol. The van der Waals surface area contributed by atoms with Crippen molar-refractivity contribution in [2.24, 2.45) is 5.92 Å². The highest BCUT2D eigenvalue weighted by Crippen LogP contribution is 2.28. The van der Waals surface area contributed by atoms with E-state index in [4.69, 9.17) is 4.74 Å². The second kappa shape index (κ2) is 4.33. The molecule has 2 N–H and O–H groups in total. The van der Waals surface area contributed by atoms with E-state index < -0.39 is 12.1 Å². The molecule has 1 aromatic rings. The van der Waals surface area contributed by atoms with E-state index in [-0.39, 0.29) is 11.8 Å². The first kappa shape index (κ1) is 11.1. The van der Waals surface area contributed by atoms with Crippen molar-refractivity contribution < 1.29 is 14.3 Å².